The lowest BCUT2D eigenvalue weighted by molar-refractivity contribution is -0.129. The van der Waals surface area contributed by atoms with Gasteiger partial charge in [-0.15, -0.1) is 0 Å². The molecule has 18 heavy (non-hydrogen) atoms. The molecule has 0 saturated heterocycles. The van der Waals surface area contributed by atoms with Crippen molar-refractivity contribution in [2.45, 2.75) is 6.54 Å². The average molecular weight is 265 g/mol. The zero-order valence-electron chi connectivity index (χ0n) is 11.0. The van der Waals surface area contributed by atoms with Crippen LogP contribution in [0.2, 0.25) is 0 Å². The second-order valence-corrected chi connectivity index (χ2v) is 4.92. The zero-order chi connectivity index (χ0) is 13.7. The molecular formula is C13H19N3OS. The van der Waals surface area contributed by atoms with Crippen LogP contribution in [0.15, 0.2) is 24.3 Å². The van der Waals surface area contributed by atoms with E-state index in [0.29, 0.717) is 18.1 Å². The molecule has 0 spiro atoms. The summed E-state index contributed by atoms with van der Waals surface area (Å²) in [6.45, 7) is 1.02. The molecule has 0 aromatic heterocycles. The Hall–Kier alpha value is -1.46. The number of nitrogens with two attached hydrogens (primary N) is 1. The summed E-state index contributed by atoms with van der Waals surface area (Å²) in [7, 11) is 5.40. The first-order valence-electron chi connectivity index (χ1n) is 5.68. The van der Waals surface area contributed by atoms with Crippen LogP contribution in [0.5, 0.6) is 0 Å². The van der Waals surface area contributed by atoms with E-state index in [0.717, 1.165) is 11.1 Å². The number of benzene rings is 1. The maximum absolute atomic E-state index is 11.6. The molecule has 0 radical (unpaired) electrons. The number of nitrogens with zero attached hydrogens (tertiary/aromatic N) is 2. The van der Waals surface area contributed by atoms with Gasteiger partial charge in [0.05, 0.1) is 6.54 Å². The molecule has 4 nitrogen and oxygen atoms in total. The van der Waals surface area contributed by atoms with Gasteiger partial charge in [0.25, 0.3) is 0 Å². The molecule has 0 saturated carbocycles. The van der Waals surface area contributed by atoms with Crippen molar-refractivity contribution in [3.8, 4) is 0 Å². The fourth-order valence-electron chi connectivity index (χ4n) is 1.62. The van der Waals surface area contributed by atoms with Gasteiger partial charge >= 0.3 is 0 Å². The van der Waals surface area contributed by atoms with E-state index in [2.05, 4.69) is 0 Å². The quantitative estimate of drug-likeness (QED) is 0.802. The fourth-order valence-corrected chi connectivity index (χ4v) is 1.82. The number of hydrogen-bond acceptors (Lipinski definition) is 3. The lowest BCUT2D eigenvalue weighted by Gasteiger charge is -2.20. The third kappa shape index (κ3) is 4.09. The smallest absolute Gasteiger partial charge is 0.236 e. The summed E-state index contributed by atoms with van der Waals surface area (Å²) >= 11 is 5.02. The van der Waals surface area contributed by atoms with Crippen molar-refractivity contribution in [1.29, 1.82) is 0 Å². The molecule has 1 aromatic carbocycles. The fraction of sp³-hybridized carbons (Fsp3) is 0.385. The Morgan fingerprint density at radius 1 is 1.28 bits per heavy atom. The average Bonchev–Trinajstić information content (AvgIpc) is 2.28. The first kappa shape index (κ1) is 14.6. The van der Waals surface area contributed by atoms with Crippen LogP contribution in [-0.2, 0) is 11.3 Å². The molecule has 0 bridgehead atoms. The van der Waals surface area contributed by atoms with Gasteiger partial charge in [-0.05, 0) is 12.6 Å². The Labute approximate surface area is 113 Å². The van der Waals surface area contributed by atoms with Gasteiger partial charge in [-0.2, -0.15) is 0 Å². The maximum atomic E-state index is 11.6. The monoisotopic (exact) mass is 265 g/mol. The highest BCUT2D eigenvalue weighted by Gasteiger charge is 2.11. The van der Waals surface area contributed by atoms with Gasteiger partial charge in [-0.3, -0.25) is 9.69 Å². The number of carbonyl (C=O) groups is 1. The number of amides is 1. The normalized spacial score (nSPS) is 10.4. The van der Waals surface area contributed by atoms with E-state index in [1.165, 1.54) is 0 Å². The zero-order valence-corrected chi connectivity index (χ0v) is 11.8. The van der Waals surface area contributed by atoms with E-state index < -0.39 is 0 Å². The second kappa shape index (κ2) is 6.47. The SMILES string of the molecule is CN(CC(=O)N(C)C)Cc1ccccc1C(N)=S. The number of rotatable bonds is 5. The Bertz CT molecular complexity index is 446. The third-order valence-corrected chi connectivity index (χ3v) is 2.85. The third-order valence-electron chi connectivity index (χ3n) is 2.63. The van der Waals surface area contributed by atoms with Crippen LogP contribution in [0.4, 0.5) is 0 Å². The van der Waals surface area contributed by atoms with E-state index in [1.807, 2.05) is 36.2 Å². The largest absolute Gasteiger partial charge is 0.389 e. The molecule has 1 rings (SSSR count). The highest BCUT2D eigenvalue weighted by Crippen LogP contribution is 2.11. The number of carbonyl (C=O) groups excluding carboxylic acids is 1. The van der Waals surface area contributed by atoms with E-state index >= 15 is 0 Å². The van der Waals surface area contributed by atoms with Gasteiger partial charge in [-0.1, -0.05) is 36.5 Å². The first-order valence-corrected chi connectivity index (χ1v) is 6.09. The van der Waals surface area contributed by atoms with Crippen LogP contribution < -0.4 is 5.73 Å². The number of likely N-dealkylation sites (N-methyl/N-ethyl adjacent to an activating group) is 2. The van der Waals surface area contributed by atoms with E-state index in [9.17, 15) is 4.79 Å². The summed E-state index contributed by atoms with van der Waals surface area (Å²) in [4.78, 5) is 15.5. The van der Waals surface area contributed by atoms with Gasteiger partial charge in [0.2, 0.25) is 5.91 Å². The van der Waals surface area contributed by atoms with Gasteiger partial charge < -0.3 is 10.6 Å². The van der Waals surface area contributed by atoms with Crippen LogP contribution in [0, 0.1) is 0 Å². The van der Waals surface area contributed by atoms with Crippen molar-refractivity contribution in [3.63, 3.8) is 0 Å². The maximum Gasteiger partial charge on any atom is 0.236 e. The van der Waals surface area contributed by atoms with Crippen LogP contribution in [-0.4, -0.2) is 48.4 Å². The Morgan fingerprint density at radius 2 is 1.89 bits per heavy atom. The predicted octanol–water partition coefficient (Wildman–Crippen LogP) is 0.841. The van der Waals surface area contributed by atoms with Crippen molar-refractivity contribution in [3.05, 3.63) is 35.4 Å². The molecule has 0 atom stereocenters. The number of thiocarbonyl (C=S) groups is 1. The van der Waals surface area contributed by atoms with Crippen LogP contribution in [0.1, 0.15) is 11.1 Å². The highest BCUT2D eigenvalue weighted by atomic mass is 32.1. The summed E-state index contributed by atoms with van der Waals surface area (Å²) < 4.78 is 0. The van der Waals surface area contributed by atoms with Crippen molar-refractivity contribution in [2.75, 3.05) is 27.7 Å². The van der Waals surface area contributed by atoms with Crippen molar-refractivity contribution in [2.24, 2.45) is 5.73 Å². The minimum Gasteiger partial charge on any atom is -0.389 e. The highest BCUT2D eigenvalue weighted by molar-refractivity contribution is 7.80. The molecule has 0 aliphatic rings. The molecule has 0 fully saturated rings. The molecule has 98 valence electrons. The molecule has 1 amide bonds. The molecule has 1 aromatic rings. The summed E-state index contributed by atoms with van der Waals surface area (Å²) in [5.41, 5.74) is 7.59. The molecular weight excluding hydrogens is 246 g/mol. The molecule has 0 aliphatic carbocycles. The molecule has 0 aliphatic heterocycles. The summed E-state index contributed by atoms with van der Waals surface area (Å²) in [6.07, 6.45) is 0. The number of hydrogen-bond donors (Lipinski definition) is 1. The van der Waals surface area contributed by atoms with Crippen molar-refractivity contribution < 1.29 is 4.79 Å². The van der Waals surface area contributed by atoms with E-state index in [1.54, 1.807) is 19.0 Å². The van der Waals surface area contributed by atoms with Gasteiger partial charge in [0.15, 0.2) is 0 Å². The molecule has 2 N–H and O–H groups in total. The van der Waals surface area contributed by atoms with E-state index in [-0.39, 0.29) is 5.91 Å². The van der Waals surface area contributed by atoms with Gasteiger partial charge in [0.1, 0.15) is 4.99 Å². The Kier molecular flexibility index (Phi) is 5.25. The molecule has 0 heterocycles. The topological polar surface area (TPSA) is 49.6 Å². The summed E-state index contributed by atoms with van der Waals surface area (Å²) in [5, 5.41) is 0. The van der Waals surface area contributed by atoms with Crippen LogP contribution >= 0.6 is 12.2 Å². The van der Waals surface area contributed by atoms with Crippen molar-refractivity contribution >= 4 is 23.1 Å². The van der Waals surface area contributed by atoms with Gasteiger partial charge in [0, 0.05) is 26.2 Å². The standard InChI is InChI=1S/C13H19N3OS/c1-15(2)12(17)9-16(3)8-10-6-4-5-7-11(10)13(14)18/h4-7H,8-9H2,1-3H3,(H2,14,18). The lowest BCUT2D eigenvalue weighted by atomic mass is 10.1. The van der Waals surface area contributed by atoms with Crippen LogP contribution in [0.3, 0.4) is 0 Å². The predicted molar refractivity (Wildman–Crippen MR) is 77.4 cm³/mol. The van der Waals surface area contributed by atoms with Crippen LogP contribution in [0.25, 0.3) is 0 Å². The molecule has 0 unspecified atom stereocenters. The van der Waals surface area contributed by atoms with E-state index in [4.69, 9.17) is 18.0 Å². The lowest BCUT2D eigenvalue weighted by Crippen LogP contribution is -2.34. The Balaban J connectivity index is 2.73. The van der Waals surface area contributed by atoms with Crippen molar-refractivity contribution in [1.82, 2.24) is 9.80 Å². The second-order valence-electron chi connectivity index (χ2n) is 4.48. The van der Waals surface area contributed by atoms with Gasteiger partial charge in [-0.25, -0.2) is 0 Å². The minimum absolute atomic E-state index is 0.0744. The Morgan fingerprint density at radius 3 is 2.44 bits per heavy atom. The first-order chi connectivity index (χ1) is 8.41. The summed E-state index contributed by atoms with van der Waals surface area (Å²) in [6, 6.07) is 7.73. The molecule has 5 heteroatoms. The minimum atomic E-state index is 0.0744. The summed E-state index contributed by atoms with van der Waals surface area (Å²) in [5.74, 6) is 0.0744.